The summed E-state index contributed by atoms with van der Waals surface area (Å²) in [5.41, 5.74) is 0. The van der Waals surface area contributed by atoms with E-state index in [1.54, 1.807) is 0 Å². The minimum absolute atomic E-state index is 0.0658. The minimum atomic E-state index is -0.763. The van der Waals surface area contributed by atoms with E-state index < -0.39 is 6.10 Å². The van der Waals surface area contributed by atoms with Crippen LogP contribution in [0.15, 0.2) is 0 Å². The van der Waals surface area contributed by atoms with Crippen LogP contribution < -0.4 is 0 Å². The summed E-state index contributed by atoms with van der Waals surface area (Å²) in [5.74, 6) is 1.67. The summed E-state index contributed by atoms with van der Waals surface area (Å²) in [6.07, 6.45) is 39.3. The van der Waals surface area contributed by atoms with Gasteiger partial charge in [0, 0.05) is 19.3 Å². The van der Waals surface area contributed by atoms with E-state index >= 15 is 0 Å². The van der Waals surface area contributed by atoms with Gasteiger partial charge in [0.25, 0.3) is 0 Å². The summed E-state index contributed by atoms with van der Waals surface area (Å²) >= 11 is 0. The molecule has 0 aliphatic carbocycles. The number of carbonyl (C=O) groups excluding carboxylic acids is 3. The first-order valence-electron chi connectivity index (χ1n) is 24.7. The lowest BCUT2D eigenvalue weighted by Crippen LogP contribution is -2.30. The molecule has 0 aromatic heterocycles. The van der Waals surface area contributed by atoms with Crippen LogP contribution in [0.5, 0.6) is 0 Å². The van der Waals surface area contributed by atoms with Gasteiger partial charge in [-0.05, 0) is 37.0 Å². The number of carbonyl (C=O) groups is 3. The van der Waals surface area contributed by atoms with Crippen molar-refractivity contribution in [1.29, 1.82) is 0 Å². The maximum Gasteiger partial charge on any atom is 0.306 e. The second kappa shape index (κ2) is 41.6. The lowest BCUT2D eigenvalue weighted by Gasteiger charge is -2.18. The van der Waals surface area contributed by atoms with Gasteiger partial charge in [-0.25, -0.2) is 0 Å². The Bertz CT molecular complexity index is 872. The van der Waals surface area contributed by atoms with Crippen LogP contribution in [0.1, 0.15) is 266 Å². The van der Waals surface area contributed by atoms with E-state index in [-0.39, 0.29) is 31.1 Å². The quantitative estimate of drug-likeness (QED) is 0.0348. The SMILES string of the molecule is CCC(C)CCCCCCCCCCCCC(=O)O[C@@H](COC(=O)CCCCCCCCCCCC(C)C)COC(=O)CCCCCCCCCCC(C)CC. The van der Waals surface area contributed by atoms with Crippen LogP contribution in [0.3, 0.4) is 0 Å². The summed E-state index contributed by atoms with van der Waals surface area (Å²) < 4.78 is 16.8. The molecule has 0 saturated carbocycles. The first kappa shape index (κ1) is 54.4. The Kier molecular flexibility index (Phi) is 40.4. The Balaban J connectivity index is 4.36. The van der Waals surface area contributed by atoms with Crippen molar-refractivity contribution in [1.82, 2.24) is 0 Å². The molecule has 3 atom stereocenters. The molecular weight excluding hydrogens is 697 g/mol. The molecular formula is C50H96O6. The zero-order valence-corrected chi connectivity index (χ0v) is 38.4. The summed E-state index contributed by atoms with van der Waals surface area (Å²) in [4.78, 5) is 37.9. The highest BCUT2D eigenvalue weighted by Crippen LogP contribution is 2.18. The van der Waals surface area contributed by atoms with Crippen LogP contribution >= 0.6 is 0 Å². The Morgan fingerprint density at radius 3 is 0.929 bits per heavy atom. The third-order valence-corrected chi connectivity index (χ3v) is 11.9. The number of hydrogen-bond acceptors (Lipinski definition) is 6. The molecule has 0 aromatic rings. The van der Waals surface area contributed by atoms with E-state index in [0.29, 0.717) is 19.3 Å². The molecule has 0 aliphatic heterocycles. The normalized spacial score (nSPS) is 13.1. The fourth-order valence-electron chi connectivity index (χ4n) is 7.34. The topological polar surface area (TPSA) is 78.9 Å². The maximum atomic E-state index is 12.8. The average Bonchev–Trinajstić information content (AvgIpc) is 3.18. The number of hydrogen-bond donors (Lipinski definition) is 0. The lowest BCUT2D eigenvalue weighted by atomic mass is 9.99. The molecule has 0 rings (SSSR count). The average molecular weight is 793 g/mol. The largest absolute Gasteiger partial charge is 0.462 e. The van der Waals surface area contributed by atoms with Crippen LogP contribution in [-0.2, 0) is 28.6 Å². The minimum Gasteiger partial charge on any atom is -0.462 e. The highest BCUT2D eigenvalue weighted by Gasteiger charge is 2.19. The van der Waals surface area contributed by atoms with Crippen LogP contribution in [-0.4, -0.2) is 37.2 Å². The Morgan fingerprint density at radius 2 is 0.625 bits per heavy atom. The van der Waals surface area contributed by atoms with Gasteiger partial charge in [-0.15, -0.1) is 0 Å². The Labute approximate surface area is 348 Å². The number of ether oxygens (including phenoxy) is 3. The molecule has 0 aromatic carbocycles. The summed E-state index contributed by atoms with van der Waals surface area (Å²) in [6, 6.07) is 0. The van der Waals surface area contributed by atoms with Crippen molar-refractivity contribution >= 4 is 17.9 Å². The van der Waals surface area contributed by atoms with Gasteiger partial charge >= 0.3 is 17.9 Å². The van der Waals surface area contributed by atoms with Crippen LogP contribution in [0, 0.1) is 17.8 Å². The molecule has 0 saturated heterocycles. The van der Waals surface area contributed by atoms with Gasteiger partial charge in [-0.2, -0.15) is 0 Å². The second-order valence-electron chi connectivity index (χ2n) is 18.1. The van der Waals surface area contributed by atoms with E-state index in [2.05, 4.69) is 41.5 Å². The molecule has 0 amide bonds. The van der Waals surface area contributed by atoms with Gasteiger partial charge in [0.05, 0.1) is 0 Å². The van der Waals surface area contributed by atoms with Crippen molar-refractivity contribution in [2.75, 3.05) is 13.2 Å². The fourth-order valence-corrected chi connectivity index (χ4v) is 7.34. The van der Waals surface area contributed by atoms with Gasteiger partial charge in [0.2, 0.25) is 0 Å². The zero-order chi connectivity index (χ0) is 41.3. The predicted octanol–water partition coefficient (Wildman–Crippen LogP) is 15.6. The van der Waals surface area contributed by atoms with Crippen molar-refractivity contribution in [2.45, 2.75) is 272 Å². The van der Waals surface area contributed by atoms with Gasteiger partial charge in [0.1, 0.15) is 13.2 Å². The standard InChI is InChI=1S/C50H96O6/c1-7-45(5)37-31-25-19-13-9-10-14-23-29-35-41-50(53)56-47(42-54-48(51)39-33-27-21-15-11-12-18-24-30-36-44(3)4)43-55-49(52)40-34-28-22-17-16-20-26-32-38-46(6)8-2/h44-47H,7-43H2,1-6H3/t45?,46?,47-/m0/s1. The number of unbranched alkanes of at least 4 members (excludes halogenated alkanes) is 24. The third kappa shape index (κ3) is 40.6. The Morgan fingerprint density at radius 1 is 0.357 bits per heavy atom. The monoisotopic (exact) mass is 793 g/mol. The second-order valence-corrected chi connectivity index (χ2v) is 18.1. The van der Waals surface area contributed by atoms with E-state index in [1.165, 1.54) is 148 Å². The van der Waals surface area contributed by atoms with Crippen molar-refractivity contribution in [3.63, 3.8) is 0 Å². The molecule has 6 nitrogen and oxygen atoms in total. The van der Waals surface area contributed by atoms with Gasteiger partial charge < -0.3 is 14.2 Å². The van der Waals surface area contributed by atoms with Gasteiger partial charge in [-0.3, -0.25) is 14.4 Å². The zero-order valence-electron chi connectivity index (χ0n) is 38.4. The van der Waals surface area contributed by atoms with Crippen molar-refractivity contribution in [3.8, 4) is 0 Å². The molecule has 0 N–H and O–H groups in total. The molecule has 6 heteroatoms. The highest BCUT2D eigenvalue weighted by molar-refractivity contribution is 5.71. The molecule has 332 valence electrons. The molecule has 2 unspecified atom stereocenters. The Hall–Kier alpha value is -1.59. The van der Waals surface area contributed by atoms with E-state index in [0.717, 1.165) is 75.5 Å². The van der Waals surface area contributed by atoms with Gasteiger partial charge in [-0.1, -0.05) is 228 Å². The molecule has 0 aliphatic rings. The fraction of sp³-hybridized carbons (Fsp3) is 0.940. The predicted molar refractivity (Wildman–Crippen MR) is 238 cm³/mol. The third-order valence-electron chi connectivity index (χ3n) is 11.9. The van der Waals surface area contributed by atoms with E-state index in [4.69, 9.17) is 14.2 Å². The van der Waals surface area contributed by atoms with Crippen molar-refractivity contribution in [3.05, 3.63) is 0 Å². The smallest absolute Gasteiger partial charge is 0.306 e. The summed E-state index contributed by atoms with van der Waals surface area (Å²) in [7, 11) is 0. The lowest BCUT2D eigenvalue weighted by molar-refractivity contribution is -0.167. The number of esters is 3. The van der Waals surface area contributed by atoms with E-state index in [9.17, 15) is 14.4 Å². The molecule has 0 radical (unpaired) electrons. The first-order valence-corrected chi connectivity index (χ1v) is 24.7. The van der Waals surface area contributed by atoms with Crippen LogP contribution in [0.2, 0.25) is 0 Å². The van der Waals surface area contributed by atoms with Crippen LogP contribution in [0.25, 0.3) is 0 Å². The molecule has 0 heterocycles. The van der Waals surface area contributed by atoms with Crippen molar-refractivity contribution < 1.29 is 28.6 Å². The van der Waals surface area contributed by atoms with Crippen LogP contribution in [0.4, 0.5) is 0 Å². The molecule has 0 spiro atoms. The van der Waals surface area contributed by atoms with Gasteiger partial charge in [0.15, 0.2) is 6.10 Å². The number of rotatable bonds is 43. The first-order chi connectivity index (χ1) is 27.2. The molecule has 0 fully saturated rings. The maximum absolute atomic E-state index is 12.8. The molecule has 56 heavy (non-hydrogen) atoms. The highest BCUT2D eigenvalue weighted by atomic mass is 16.6. The summed E-state index contributed by atoms with van der Waals surface area (Å²) in [5, 5.41) is 0. The summed E-state index contributed by atoms with van der Waals surface area (Å²) in [6.45, 7) is 13.7. The van der Waals surface area contributed by atoms with E-state index in [1.807, 2.05) is 0 Å². The van der Waals surface area contributed by atoms with Crippen molar-refractivity contribution in [2.24, 2.45) is 17.8 Å². The molecule has 0 bridgehead atoms.